The number of rotatable bonds is 3. The van der Waals surface area contributed by atoms with Crippen LogP contribution in [-0.2, 0) is 4.79 Å². The quantitative estimate of drug-likeness (QED) is 0.769. The monoisotopic (exact) mass is 276 g/mol. The largest absolute Gasteiger partial charge is 0.480 e. The van der Waals surface area contributed by atoms with Gasteiger partial charge in [-0.05, 0) is 12.1 Å². The van der Waals surface area contributed by atoms with Crippen molar-refractivity contribution in [2.75, 3.05) is 37.6 Å². The first-order valence-electron chi connectivity index (χ1n) is 6.32. The Morgan fingerprint density at radius 1 is 1.50 bits per heavy atom. The van der Waals surface area contributed by atoms with Crippen molar-refractivity contribution < 1.29 is 15.0 Å². The topological polar surface area (TPSA) is 101 Å². The number of nitriles is 1. The minimum atomic E-state index is -0.916. The van der Waals surface area contributed by atoms with E-state index < -0.39 is 12.1 Å². The number of nitrogens with zero attached hydrogens (tertiary/aromatic N) is 4. The van der Waals surface area contributed by atoms with E-state index >= 15 is 0 Å². The molecular weight excluding hydrogens is 260 g/mol. The smallest absolute Gasteiger partial charge is 0.317 e. The molecule has 1 unspecified atom stereocenters. The fourth-order valence-electron chi connectivity index (χ4n) is 2.32. The summed E-state index contributed by atoms with van der Waals surface area (Å²) in [6.45, 7) is 1.57. The molecule has 1 aliphatic heterocycles. The molecule has 2 heterocycles. The Labute approximate surface area is 116 Å². The number of hydrogen-bond donors (Lipinski definition) is 2. The normalized spacial score (nSPS) is 20.2. The van der Waals surface area contributed by atoms with Gasteiger partial charge in [0.1, 0.15) is 11.9 Å². The van der Waals surface area contributed by atoms with Crippen LogP contribution >= 0.6 is 0 Å². The average Bonchev–Trinajstić information content (AvgIpc) is 2.59. The molecule has 1 aromatic heterocycles. The third-order valence-electron chi connectivity index (χ3n) is 3.15. The van der Waals surface area contributed by atoms with Gasteiger partial charge in [-0.1, -0.05) is 0 Å². The third kappa shape index (κ3) is 3.44. The summed E-state index contributed by atoms with van der Waals surface area (Å²) >= 11 is 0. The first-order valence-corrected chi connectivity index (χ1v) is 6.32. The van der Waals surface area contributed by atoms with Gasteiger partial charge in [-0.15, -0.1) is 0 Å². The van der Waals surface area contributed by atoms with Crippen molar-refractivity contribution in [3.8, 4) is 6.07 Å². The molecule has 106 valence electrons. The number of β-amino-alcohol motifs (C(OH)–C–C–N with tert-alkyl or cyclic N) is 1. The average molecular weight is 276 g/mol. The van der Waals surface area contributed by atoms with Crippen LogP contribution in [0.2, 0.25) is 0 Å². The van der Waals surface area contributed by atoms with Gasteiger partial charge in [0.25, 0.3) is 0 Å². The summed E-state index contributed by atoms with van der Waals surface area (Å²) in [4.78, 5) is 18.4. The molecule has 20 heavy (non-hydrogen) atoms. The molecule has 2 rings (SSSR count). The van der Waals surface area contributed by atoms with E-state index in [0.29, 0.717) is 37.6 Å². The van der Waals surface area contributed by atoms with E-state index in [2.05, 4.69) is 11.1 Å². The predicted molar refractivity (Wildman–Crippen MR) is 71.2 cm³/mol. The number of carbonyl (C=O) groups is 1. The number of aliphatic carboxylic acids is 1. The standard InChI is InChI=1S/C13H16N4O3/c14-6-10-2-1-3-15-13(10)17-5-4-16(9-12(19)20)7-11(18)8-17/h1-3,11,18H,4-5,7-9H2,(H,19,20). The molecule has 1 aromatic rings. The van der Waals surface area contributed by atoms with Crippen LogP contribution in [-0.4, -0.2) is 64.9 Å². The minimum absolute atomic E-state index is 0.0990. The van der Waals surface area contributed by atoms with E-state index in [-0.39, 0.29) is 6.54 Å². The molecule has 7 heteroatoms. The highest BCUT2D eigenvalue weighted by Gasteiger charge is 2.24. The summed E-state index contributed by atoms with van der Waals surface area (Å²) in [5.41, 5.74) is 0.450. The lowest BCUT2D eigenvalue weighted by Crippen LogP contribution is -2.36. The molecule has 0 aromatic carbocycles. The van der Waals surface area contributed by atoms with Crippen LogP contribution in [0, 0.1) is 11.3 Å². The van der Waals surface area contributed by atoms with Crippen molar-refractivity contribution in [2.24, 2.45) is 0 Å². The maximum Gasteiger partial charge on any atom is 0.317 e. The van der Waals surface area contributed by atoms with E-state index in [1.165, 1.54) is 0 Å². The number of anilines is 1. The molecule has 7 nitrogen and oxygen atoms in total. The highest BCUT2D eigenvalue weighted by Crippen LogP contribution is 2.18. The van der Waals surface area contributed by atoms with Crippen LogP contribution in [0.3, 0.4) is 0 Å². The Kier molecular flexibility index (Phi) is 4.50. The lowest BCUT2D eigenvalue weighted by Gasteiger charge is -2.23. The van der Waals surface area contributed by atoms with Crippen LogP contribution in [0.4, 0.5) is 5.82 Å². The lowest BCUT2D eigenvalue weighted by atomic mass is 10.2. The molecule has 1 atom stereocenters. The Morgan fingerprint density at radius 2 is 2.30 bits per heavy atom. The molecule has 1 saturated heterocycles. The van der Waals surface area contributed by atoms with Gasteiger partial charge in [-0.25, -0.2) is 4.98 Å². The second-order valence-corrected chi connectivity index (χ2v) is 4.72. The summed E-state index contributed by atoms with van der Waals surface area (Å²) < 4.78 is 0. The maximum absolute atomic E-state index is 10.7. The first-order chi connectivity index (χ1) is 9.60. The molecular formula is C13H16N4O3. The number of pyridine rings is 1. The van der Waals surface area contributed by atoms with Gasteiger partial charge >= 0.3 is 5.97 Å². The summed E-state index contributed by atoms with van der Waals surface area (Å²) in [7, 11) is 0. The van der Waals surface area contributed by atoms with Gasteiger partial charge in [-0.3, -0.25) is 9.69 Å². The summed E-state index contributed by atoms with van der Waals surface area (Å²) in [6, 6.07) is 5.44. The van der Waals surface area contributed by atoms with E-state index in [9.17, 15) is 9.90 Å². The number of carboxylic acid groups (broad SMARTS) is 1. The summed E-state index contributed by atoms with van der Waals surface area (Å²) in [5.74, 6) is -0.382. The highest BCUT2D eigenvalue weighted by molar-refractivity contribution is 5.69. The van der Waals surface area contributed by atoms with Gasteiger partial charge < -0.3 is 15.1 Å². The summed E-state index contributed by atoms with van der Waals surface area (Å²) in [5, 5.41) is 27.9. The highest BCUT2D eigenvalue weighted by atomic mass is 16.4. The van der Waals surface area contributed by atoms with Crippen LogP contribution in [0.5, 0.6) is 0 Å². The molecule has 2 N–H and O–H groups in total. The second kappa shape index (κ2) is 6.32. The Morgan fingerprint density at radius 3 is 3.00 bits per heavy atom. The maximum atomic E-state index is 10.7. The fraction of sp³-hybridized carbons (Fsp3) is 0.462. The zero-order valence-corrected chi connectivity index (χ0v) is 10.9. The first kappa shape index (κ1) is 14.2. The van der Waals surface area contributed by atoms with Crippen LogP contribution < -0.4 is 4.90 Å². The van der Waals surface area contributed by atoms with Crippen molar-refractivity contribution in [3.05, 3.63) is 23.9 Å². The number of aromatic nitrogens is 1. The van der Waals surface area contributed by atoms with Crippen molar-refractivity contribution in [1.29, 1.82) is 5.26 Å². The van der Waals surface area contributed by atoms with E-state index in [1.54, 1.807) is 23.2 Å². The van der Waals surface area contributed by atoms with Crippen LogP contribution in [0.1, 0.15) is 5.56 Å². The van der Waals surface area contributed by atoms with Gasteiger partial charge in [0.2, 0.25) is 0 Å². The number of aliphatic hydroxyl groups excluding tert-OH is 1. The third-order valence-corrected chi connectivity index (χ3v) is 3.15. The van der Waals surface area contributed by atoms with Crippen LogP contribution in [0.15, 0.2) is 18.3 Å². The Bertz CT molecular complexity index is 529. The van der Waals surface area contributed by atoms with Gasteiger partial charge in [0, 0.05) is 32.4 Å². The zero-order chi connectivity index (χ0) is 14.5. The Balaban J connectivity index is 2.14. The number of carboxylic acids is 1. The SMILES string of the molecule is N#Cc1cccnc1N1CCN(CC(=O)O)CC(O)C1. The molecule has 0 aliphatic carbocycles. The van der Waals surface area contributed by atoms with Gasteiger partial charge in [0.05, 0.1) is 18.2 Å². The van der Waals surface area contributed by atoms with E-state index in [0.717, 1.165) is 0 Å². The van der Waals surface area contributed by atoms with Crippen molar-refractivity contribution in [1.82, 2.24) is 9.88 Å². The number of aliphatic hydroxyl groups is 1. The molecule has 0 saturated carbocycles. The minimum Gasteiger partial charge on any atom is -0.480 e. The van der Waals surface area contributed by atoms with Crippen molar-refractivity contribution in [3.63, 3.8) is 0 Å². The lowest BCUT2D eigenvalue weighted by molar-refractivity contribution is -0.138. The number of hydrogen-bond acceptors (Lipinski definition) is 6. The predicted octanol–water partition coefficient (Wildman–Crippen LogP) is -0.479. The van der Waals surface area contributed by atoms with Gasteiger partial charge in [0.15, 0.2) is 0 Å². The van der Waals surface area contributed by atoms with Crippen molar-refractivity contribution in [2.45, 2.75) is 6.10 Å². The molecule has 0 radical (unpaired) electrons. The van der Waals surface area contributed by atoms with E-state index in [1.807, 2.05) is 4.90 Å². The zero-order valence-electron chi connectivity index (χ0n) is 10.9. The summed E-state index contributed by atoms with van der Waals surface area (Å²) in [6.07, 6.45) is 0.924. The molecule has 1 fully saturated rings. The van der Waals surface area contributed by atoms with Crippen LogP contribution in [0.25, 0.3) is 0 Å². The van der Waals surface area contributed by atoms with Gasteiger partial charge in [-0.2, -0.15) is 5.26 Å². The molecule has 1 aliphatic rings. The van der Waals surface area contributed by atoms with E-state index in [4.69, 9.17) is 10.4 Å². The Hall–Kier alpha value is -2.17. The van der Waals surface area contributed by atoms with Crippen molar-refractivity contribution >= 4 is 11.8 Å². The second-order valence-electron chi connectivity index (χ2n) is 4.72. The molecule has 0 bridgehead atoms. The molecule has 0 amide bonds. The molecule has 0 spiro atoms. The fourth-order valence-corrected chi connectivity index (χ4v) is 2.32.